The molecule has 0 spiro atoms. The van der Waals surface area contributed by atoms with Gasteiger partial charge in [0.1, 0.15) is 10.9 Å². The summed E-state index contributed by atoms with van der Waals surface area (Å²) in [7, 11) is 2.03. The molecule has 1 aromatic carbocycles. The fourth-order valence-corrected chi connectivity index (χ4v) is 2.98. The van der Waals surface area contributed by atoms with E-state index in [1.165, 1.54) is 9.92 Å². The number of imidazole rings is 1. The normalized spacial score (nSPS) is 11.2. The molecule has 3 nitrogen and oxygen atoms in total. The van der Waals surface area contributed by atoms with Crippen molar-refractivity contribution >= 4 is 11.8 Å². The van der Waals surface area contributed by atoms with E-state index in [2.05, 4.69) is 47.7 Å². The second-order valence-corrected chi connectivity index (χ2v) is 5.61. The van der Waals surface area contributed by atoms with Gasteiger partial charge in [-0.2, -0.15) is 0 Å². The number of benzene rings is 1. The van der Waals surface area contributed by atoms with E-state index < -0.39 is 0 Å². The number of aromatic nitrogens is 2. The Bertz CT molecular complexity index is 517. The van der Waals surface area contributed by atoms with Crippen LogP contribution in [0.25, 0.3) is 0 Å². The molecule has 0 saturated heterocycles. The maximum atomic E-state index is 5.73. The summed E-state index contributed by atoms with van der Waals surface area (Å²) in [6.07, 6.45) is 0. The van der Waals surface area contributed by atoms with Crippen LogP contribution in [0.15, 0.2) is 40.3 Å². The predicted octanol–water partition coefficient (Wildman–Crippen LogP) is 3.15. The fraction of sp³-hybridized carbons (Fsp3) is 0.357. The lowest BCUT2D eigenvalue weighted by atomic mass is 10.2. The highest BCUT2D eigenvalue weighted by Crippen LogP contribution is 2.33. The number of nitrogens with two attached hydrogens (primary N) is 1. The minimum atomic E-state index is 0.405. The van der Waals surface area contributed by atoms with Crippen LogP contribution in [0.4, 0.5) is 0 Å². The topological polar surface area (TPSA) is 43.8 Å². The Hall–Kier alpha value is -1.26. The first-order valence-electron chi connectivity index (χ1n) is 6.12. The van der Waals surface area contributed by atoms with Gasteiger partial charge in [0.2, 0.25) is 0 Å². The Balaban J connectivity index is 2.40. The zero-order chi connectivity index (χ0) is 13.1. The highest BCUT2D eigenvalue weighted by Gasteiger charge is 2.17. The predicted molar refractivity (Wildman–Crippen MR) is 75.8 cm³/mol. The van der Waals surface area contributed by atoms with Gasteiger partial charge in [0.05, 0.1) is 12.2 Å². The van der Waals surface area contributed by atoms with Gasteiger partial charge in [0, 0.05) is 11.9 Å². The average Bonchev–Trinajstić information content (AvgIpc) is 2.68. The first-order chi connectivity index (χ1) is 8.63. The number of hydrogen-bond donors (Lipinski definition) is 1. The minimum Gasteiger partial charge on any atom is -0.325 e. The van der Waals surface area contributed by atoms with E-state index in [0.717, 1.165) is 11.5 Å². The molecule has 0 aliphatic carbocycles. The Morgan fingerprint density at radius 1 is 1.28 bits per heavy atom. The minimum absolute atomic E-state index is 0.405. The van der Waals surface area contributed by atoms with E-state index in [9.17, 15) is 0 Å². The highest BCUT2D eigenvalue weighted by molar-refractivity contribution is 7.99. The summed E-state index contributed by atoms with van der Waals surface area (Å²) in [4.78, 5) is 5.87. The summed E-state index contributed by atoms with van der Waals surface area (Å²) >= 11 is 1.75. The lowest BCUT2D eigenvalue weighted by molar-refractivity contribution is 0.732. The van der Waals surface area contributed by atoms with Crippen LogP contribution < -0.4 is 5.73 Å². The number of hydrogen-bond acceptors (Lipinski definition) is 3. The van der Waals surface area contributed by atoms with Crippen LogP contribution in [0.2, 0.25) is 0 Å². The molecule has 4 heteroatoms. The Morgan fingerprint density at radius 2 is 1.94 bits per heavy atom. The summed E-state index contributed by atoms with van der Waals surface area (Å²) in [5.41, 5.74) is 6.87. The molecule has 0 fully saturated rings. The molecule has 18 heavy (non-hydrogen) atoms. The van der Waals surface area contributed by atoms with Crippen molar-refractivity contribution < 1.29 is 0 Å². The van der Waals surface area contributed by atoms with Gasteiger partial charge < -0.3 is 10.3 Å². The lowest BCUT2D eigenvalue weighted by Crippen LogP contribution is -2.05. The molecule has 2 rings (SSSR count). The maximum absolute atomic E-state index is 5.73. The van der Waals surface area contributed by atoms with Crippen LogP contribution in [0.1, 0.15) is 31.3 Å². The molecule has 0 unspecified atom stereocenters. The van der Waals surface area contributed by atoms with Gasteiger partial charge in [-0.1, -0.05) is 43.8 Å². The third-order valence-corrected chi connectivity index (χ3v) is 4.03. The van der Waals surface area contributed by atoms with Crippen LogP contribution in [0.5, 0.6) is 0 Å². The van der Waals surface area contributed by atoms with Crippen molar-refractivity contribution in [1.29, 1.82) is 0 Å². The van der Waals surface area contributed by atoms with Crippen molar-refractivity contribution in [3.8, 4) is 0 Å². The van der Waals surface area contributed by atoms with Gasteiger partial charge in [0.25, 0.3) is 0 Å². The molecule has 0 aliphatic heterocycles. The summed E-state index contributed by atoms with van der Waals surface area (Å²) in [6, 6.07) is 10.4. The van der Waals surface area contributed by atoms with E-state index in [1.54, 1.807) is 11.8 Å². The van der Waals surface area contributed by atoms with Crippen molar-refractivity contribution in [1.82, 2.24) is 9.55 Å². The monoisotopic (exact) mass is 261 g/mol. The molecule has 0 bridgehead atoms. The first-order valence-corrected chi connectivity index (χ1v) is 6.93. The van der Waals surface area contributed by atoms with Gasteiger partial charge in [-0.3, -0.25) is 0 Å². The molecule has 2 N–H and O–H groups in total. The van der Waals surface area contributed by atoms with Crippen LogP contribution in [-0.4, -0.2) is 9.55 Å². The van der Waals surface area contributed by atoms with E-state index in [0.29, 0.717) is 12.5 Å². The number of nitrogens with zero attached hydrogens (tertiary/aromatic N) is 2. The van der Waals surface area contributed by atoms with Gasteiger partial charge in [-0.25, -0.2) is 4.98 Å². The second-order valence-electron chi connectivity index (χ2n) is 4.55. The van der Waals surface area contributed by atoms with E-state index >= 15 is 0 Å². The first kappa shape index (κ1) is 13.2. The van der Waals surface area contributed by atoms with Crippen LogP contribution in [0.3, 0.4) is 0 Å². The largest absolute Gasteiger partial charge is 0.325 e. The van der Waals surface area contributed by atoms with Gasteiger partial charge in [-0.15, -0.1) is 0 Å². The molecular weight excluding hydrogens is 242 g/mol. The van der Waals surface area contributed by atoms with Crippen molar-refractivity contribution in [2.24, 2.45) is 12.8 Å². The molecule has 0 amide bonds. The Kier molecular flexibility index (Phi) is 4.09. The van der Waals surface area contributed by atoms with Crippen molar-refractivity contribution in [2.45, 2.75) is 36.2 Å². The average molecular weight is 261 g/mol. The SMILES string of the molecule is CC(C)c1nc(CN)n(C)c1Sc1ccccc1. The van der Waals surface area contributed by atoms with Crippen LogP contribution >= 0.6 is 11.8 Å². The molecular formula is C14H19N3S. The van der Waals surface area contributed by atoms with Crippen molar-refractivity contribution in [3.63, 3.8) is 0 Å². The third kappa shape index (κ3) is 2.60. The van der Waals surface area contributed by atoms with Crippen molar-refractivity contribution in [3.05, 3.63) is 41.9 Å². The Labute approximate surface area is 112 Å². The van der Waals surface area contributed by atoms with Gasteiger partial charge >= 0.3 is 0 Å². The van der Waals surface area contributed by atoms with Gasteiger partial charge in [0.15, 0.2) is 0 Å². The van der Waals surface area contributed by atoms with Crippen molar-refractivity contribution in [2.75, 3.05) is 0 Å². The molecule has 96 valence electrons. The van der Waals surface area contributed by atoms with E-state index in [1.807, 2.05) is 13.1 Å². The molecule has 0 atom stereocenters. The second kappa shape index (κ2) is 5.59. The summed E-state index contributed by atoms with van der Waals surface area (Å²) in [5.74, 6) is 1.35. The molecule has 0 radical (unpaired) electrons. The Morgan fingerprint density at radius 3 is 2.50 bits per heavy atom. The highest BCUT2D eigenvalue weighted by atomic mass is 32.2. The molecule has 2 aromatic rings. The van der Waals surface area contributed by atoms with Gasteiger partial charge in [-0.05, 0) is 18.1 Å². The molecule has 1 heterocycles. The smallest absolute Gasteiger partial charge is 0.123 e. The quantitative estimate of drug-likeness (QED) is 0.919. The number of rotatable bonds is 4. The molecule has 0 saturated carbocycles. The summed E-state index contributed by atoms with van der Waals surface area (Å²) in [5, 5.41) is 1.19. The maximum Gasteiger partial charge on any atom is 0.123 e. The fourth-order valence-electron chi connectivity index (χ4n) is 1.83. The zero-order valence-corrected chi connectivity index (χ0v) is 11.9. The molecule has 0 aliphatic rings. The van der Waals surface area contributed by atoms with Crippen LogP contribution in [-0.2, 0) is 13.6 Å². The standard InChI is InChI=1S/C14H19N3S/c1-10(2)13-14(17(3)12(9-15)16-13)18-11-7-5-4-6-8-11/h4-8,10H,9,15H2,1-3H3. The third-order valence-electron chi connectivity index (χ3n) is 2.85. The molecule has 1 aromatic heterocycles. The van der Waals surface area contributed by atoms with E-state index in [4.69, 9.17) is 5.73 Å². The van der Waals surface area contributed by atoms with Crippen LogP contribution in [0, 0.1) is 0 Å². The summed E-state index contributed by atoms with van der Waals surface area (Å²) in [6.45, 7) is 4.81. The summed E-state index contributed by atoms with van der Waals surface area (Å²) < 4.78 is 2.10. The zero-order valence-electron chi connectivity index (χ0n) is 11.1. The lowest BCUT2D eigenvalue weighted by Gasteiger charge is -2.08. The van der Waals surface area contributed by atoms with E-state index in [-0.39, 0.29) is 0 Å².